The quantitative estimate of drug-likeness (QED) is 0.667. The molecule has 1 aromatic heterocycles. The van der Waals surface area contributed by atoms with Crippen LogP contribution in [0.1, 0.15) is 6.55 Å². The lowest BCUT2D eigenvalue weighted by Gasteiger charge is -2.00. The molecule has 12 heavy (non-hydrogen) atoms. The molecule has 0 N–H and O–H groups in total. The molecule has 0 saturated heterocycles. The van der Waals surface area contributed by atoms with Crippen molar-refractivity contribution in [2.75, 3.05) is 0 Å². The number of aromatic nitrogens is 2. The second-order valence-corrected chi connectivity index (χ2v) is 3.07. The van der Waals surface area contributed by atoms with Gasteiger partial charge in [-0.25, -0.2) is 4.98 Å². The molecular weight excluding hydrogens is 197 g/mol. The van der Waals surface area contributed by atoms with E-state index in [4.69, 9.17) is 0 Å². The fourth-order valence-electron chi connectivity index (χ4n) is 0.637. The summed E-state index contributed by atoms with van der Waals surface area (Å²) in [4.78, 5) is 2.93. The van der Waals surface area contributed by atoms with Crippen LogP contribution in [0, 0.1) is 0 Å². The van der Waals surface area contributed by atoms with Gasteiger partial charge in [-0.1, -0.05) is 3.89 Å². The smallest absolute Gasteiger partial charge is 0.262 e. The Bertz CT molecular complexity index is 371. The molecular formula is C4H3F3N2O2S. The summed E-state index contributed by atoms with van der Waals surface area (Å²) in [6, 6.07) is 0. The van der Waals surface area contributed by atoms with Crippen molar-refractivity contribution >= 4 is 10.2 Å². The molecule has 0 unspecified atom stereocenters. The first-order valence-electron chi connectivity index (χ1n) is 2.68. The molecule has 1 aromatic rings. The van der Waals surface area contributed by atoms with Gasteiger partial charge in [0.15, 0.2) is 0 Å². The topological polar surface area (TPSA) is 52.0 Å². The van der Waals surface area contributed by atoms with Gasteiger partial charge in [-0.05, 0) is 0 Å². The maximum Gasteiger partial charge on any atom is 0.366 e. The van der Waals surface area contributed by atoms with E-state index in [9.17, 15) is 21.1 Å². The maximum absolute atomic E-state index is 12.1. The van der Waals surface area contributed by atoms with Crippen LogP contribution in [-0.2, 0) is 10.2 Å². The molecule has 0 aliphatic heterocycles. The van der Waals surface area contributed by atoms with E-state index >= 15 is 0 Å². The molecule has 0 aliphatic rings. The number of halogens is 3. The Kier molecular flexibility index (Phi) is 2.09. The average molecular weight is 200 g/mol. The molecule has 0 fully saturated rings. The average Bonchev–Trinajstić information content (AvgIpc) is 2.30. The maximum atomic E-state index is 12.1. The van der Waals surface area contributed by atoms with E-state index in [1.165, 1.54) is 0 Å². The van der Waals surface area contributed by atoms with Crippen LogP contribution < -0.4 is 0 Å². The predicted molar refractivity (Wildman–Crippen MR) is 31.8 cm³/mol. The minimum atomic E-state index is -5.16. The van der Waals surface area contributed by atoms with Crippen molar-refractivity contribution in [1.29, 1.82) is 0 Å². The highest BCUT2D eigenvalue weighted by Crippen LogP contribution is 2.17. The van der Waals surface area contributed by atoms with Crippen molar-refractivity contribution in [3.8, 4) is 0 Å². The Morgan fingerprint density at radius 2 is 2.08 bits per heavy atom. The van der Waals surface area contributed by atoms with Crippen LogP contribution in [0.5, 0.6) is 0 Å². The summed E-state index contributed by atoms with van der Waals surface area (Å²) in [7, 11) is -5.16. The van der Waals surface area contributed by atoms with Gasteiger partial charge in [0, 0.05) is 12.4 Å². The number of hydrogen-bond donors (Lipinski definition) is 0. The Morgan fingerprint density at radius 3 is 2.42 bits per heavy atom. The second kappa shape index (κ2) is 2.77. The zero-order chi connectivity index (χ0) is 9.35. The van der Waals surface area contributed by atoms with Gasteiger partial charge in [0.1, 0.15) is 0 Å². The molecule has 1 rings (SSSR count). The summed E-state index contributed by atoms with van der Waals surface area (Å²) in [6.45, 7) is -3.12. The van der Waals surface area contributed by atoms with Gasteiger partial charge < -0.3 is 0 Å². The van der Waals surface area contributed by atoms with Gasteiger partial charge in [-0.15, -0.1) is 0 Å². The lowest BCUT2D eigenvalue weighted by molar-refractivity contribution is 0.0599. The molecule has 68 valence electrons. The Balaban J connectivity index is 3.26. The standard InChI is InChI=1S/C4H3F3N2O2S/c5-3(6)9-2-1-8-4(9)12(7,10)11/h1-3H. The van der Waals surface area contributed by atoms with Crippen LogP contribution >= 0.6 is 0 Å². The number of hydrogen-bond acceptors (Lipinski definition) is 3. The lowest BCUT2D eigenvalue weighted by atomic mass is 10.9. The fourth-order valence-corrected chi connectivity index (χ4v) is 1.22. The number of rotatable bonds is 2. The van der Waals surface area contributed by atoms with Crippen LogP contribution in [0.15, 0.2) is 17.6 Å². The molecule has 0 atom stereocenters. The summed E-state index contributed by atoms with van der Waals surface area (Å²) in [6.07, 6.45) is 1.45. The van der Waals surface area contributed by atoms with Gasteiger partial charge in [-0.2, -0.15) is 17.2 Å². The highest BCUT2D eigenvalue weighted by Gasteiger charge is 2.22. The molecule has 0 spiro atoms. The molecule has 4 nitrogen and oxygen atoms in total. The van der Waals surface area contributed by atoms with Crippen LogP contribution in [0.4, 0.5) is 12.7 Å². The van der Waals surface area contributed by atoms with E-state index in [0.717, 1.165) is 6.20 Å². The van der Waals surface area contributed by atoms with Gasteiger partial charge in [0.2, 0.25) is 0 Å². The SMILES string of the molecule is O=S(=O)(F)c1nccn1C(F)F. The van der Waals surface area contributed by atoms with E-state index in [-0.39, 0.29) is 4.57 Å². The second-order valence-electron chi connectivity index (χ2n) is 1.83. The summed E-state index contributed by atoms with van der Waals surface area (Å²) in [5, 5.41) is -1.28. The highest BCUT2D eigenvalue weighted by molar-refractivity contribution is 7.86. The molecule has 8 heteroatoms. The third-order valence-electron chi connectivity index (χ3n) is 1.06. The van der Waals surface area contributed by atoms with Gasteiger partial charge in [-0.3, -0.25) is 4.57 Å². The van der Waals surface area contributed by atoms with Crippen LogP contribution in [0.25, 0.3) is 0 Å². The predicted octanol–water partition coefficient (Wildman–Crippen LogP) is 0.936. The molecule has 1 heterocycles. The summed E-state index contributed by atoms with van der Waals surface area (Å²) in [5.41, 5.74) is 0. The number of imidazole rings is 1. The van der Waals surface area contributed by atoms with Crippen molar-refractivity contribution in [2.24, 2.45) is 0 Å². The normalized spacial score (nSPS) is 12.3. The van der Waals surface area contributed by atoms with Crippen molar-refractivity contribution in [2.45, 2.75) is 11.7 Å². The summed E-state index contributed by atoms with van der Waals surface area (Å²) < 4.78 is 56.1. The summed E-state index contributed by atoms with van der Waals surface area (Å²) in [5.74, 6) is 0. The minimum Gasteiger partial charge on any atom is -0.262 e. The van der Waals surface area contributed by atoms with Gasteiger partial charge in [0.05, 0.1) is 0 Å². The Labute approximate surface area is 65.9 Å². The van der Waals surface area contributed by atoms with Crippen molar-refractivity contribution < 1.29 is 21.1 Å². The summed E-state index contributed by atoms with van der Waals surface area (Å²) >= 11 is 0. The first-order chi connectivity index (χ1) is 5.43. The van der Waals surface area contributed by atoms with E-state index < -0.39 is 21.9 Å². The third kappa shape index (κ3) is 1.58. The Hall–Kier alpha value is -1.05. The highest BCUT2D eigenvalue weighted by atomic mass is 32.3. The molecule has 0 bridgehead atoms. The van der Waals surface area contributed by atoms with E-state index in [0.29, 0.717) is 6.20 Å². The van der Waals surface area contributed by atoms with Crippen molar-refractivity contribution in [3.63, 3.8) is 0 Å². The van der Waals surface area contributed by atoms with Crippen LogP contribution in [0.3, 0.4) is 0 Å². The molecule has 0 aromatic carbocycles. The van der Waals surface area contributed by atoms with E-state index in [1.54, 1.807) is 0 Å². The molecule has 0 amide bonds. The zero-order valence-electron chi connectivity index (χ0n) is 5.49. The molecule has 0 saturated carbocycles. The first-order valence-corrected chi connectivity index (χ1v) is 4.07. The Morgan fingerprint density at radius 1 is 1.50 bits per heavy atom. The number of nitrogens with zero attached hydrogens (tertiary/aromatic N) is 2. The minimum absolute atomic E-state index is 0.0741. The third-order valence-corrected chi connectivity index (χ3v) is 1.81. The first kappa shape index (κ1) is 9.04. The fraction of sp³-hybridized carbons (Fsp3) is 0.250. The number of alkyl halides is 2. The zero-order valence-corrected chi connectivity index (χ0v) is 6.30. The monoisotopic (exact) mass is 200 g/mol. The van der Waals surface area contributed by atoms with Crippen LogP contribution in [-0.4, -0.2) is 18.0 Å². The molecule has 0 radical (unpaired) electrons. The van der Waals surface area contributed by atoms with Gasteiger partial charge in [0.25, 0.3) is 5.16 Å². The van der Waals surface area contributed by atoms with E-state index in [1.807, 2.05) is 0 Å². The lowest BCUT2D eigenvalue weighted by Crippen LogP contribution is -2.06. The van der Waals surface area contributed by atoms with E-state index in [2.05, 4.69) is 4.98 Å². The largest absolute Gasteiger partial charge is 0.366 e. The van der Waals surface area contributed by atoms with Crippen molar-refractivity contribution in [3.05, 3.63) is 12.4 Å². The van der Waals surface area contributed by atoms with Crippen LogP contribution in [0.2, 0.25) is 0 Å². The van der Waals surface area contributed by atoms with Crippen molar-refractivity contribution in [1.82, 2.24) is 9.55 Å². The molecule has 0 aliphatic carbocycles. The van der Waals surface area contributed by atoms with Gasteiger partial charge >= 0.3 is 16.8 Å².